The number of Topliss-reactive ketones (excluding diaryl/α,β-unsaturated/α-hetero) is 1. The number of nitrogens with zero attached hydrogens (tertiary/aromatic N) is 1. The fourth-order valence-corrected chi connectivity index (χ4v) is 4.96. The van der Waals surface area contributed by atoms with E-state index in [1.54, 1.807) is 60.7 Å². The van der Waals surface area contributed by atoms with Gasteiger partial charge in [-0.25, -0.2) is 8.42 Å². The van der Waals surface area contributed by atoms with Crippen LogP contribution in [-0.4, -0.2) is 39.9 Å². The average molecular weight is 467 g/mol. The number of ether oxygens (including phenoxy) is 2. The van der Waals surface area contributed by atoms with Crippen molar-refractivity contribution in [3.63, 3.8) is 0 Å². The summed E-state index contributed by atoms with van der Waals surface area (Å²) in [5.74, 6) is 0.144. The molecule has 0 aromatic heterocycles. The van der Waals surface area contributed by atoms with E-state index in [0.717, 1.165) is 0 Å². The zero-order valence-electron chi connectivity index (χ0n) is 18.0. The SMILES string of the molecule is COc1ccc(S(=O)(=O)N2CC(C(=O)Nc3cccc(C(C)=O)c3)Oc3ccccc32)cc1. The van der Waals surface area contributed by atoms with E-state index in [2.05, 4.69) is 5.32 Å². The molecular weight excluding hydrogens is 444 g/mol. The minimum Gasteiger partial charge on any atom is -0.497 e. The fourth-order valence-electron chi connectivity index (χ4n) is 3.48. The van der Waals surface area contributed by atoms with Gasteiger partial charge in [-0.1, -0.05) is 24.3 Å². The van der Waals surface area contributed by atoms with Crippen molar-refractivity contribution in [2.75, 3.05) is 23.3 Å². The van der Waals surface area contributed by atoms with Gasteiger partial charge in [0.05, 0.1) is 24.2 Å². The maximum Gasteiger partial charge on any atom is 0.267 e. The van der Waals surface area contributed by atoms with E-state index in [1.807, 2.05) is 0 Å². The third-order valence-electron chi connectivity index (χ3n) is 5.21. The van der Waals surface area contributed by atoms with Crippen molar-refractivity contribution in [2.45, 2.75) is 17.9 Å². The van der Waals surface area contributed by atoms with Gasteiger partial charge in [-0.3, -0.25) is 13.9 Å². The number of carbonyl (C=O) groups is 2. The molecule has 3 aromatic carbocycles. The monoisotopic (exact) mass is 466 g/mol. The van der Waals surface area contributed by atoms with E-state index in [9.17, 15) is 18.0 Å². The van der Waals surface area contributed by atoms with E-state index in [0.29, 0.717) is 22.7 Å². The first kappa shape index (κ1) is 22.3. The molecule has 1 atom stereocenters. The second-order valence-electron chi connectivity index (χ2n) is 7.41. The van der Waals surface area contributed by atoms with Crippen LogP contribution in [-0.2, 0) is 14.8 Å². The maximum absolute atomic E-state index is 13.5. The number of hydrogen-bond donors (Lipinski definition) is 1. The van der Waals surface area contributed by atoms with Gasteiger partial charge in [-0.2, -0.15) is 0 Å². The lowest BCUT2D eigenvalue weighted by atomic mass is 10.1. The molecule has 0 fully saturated rings. The number of ketones is 1. The van der Waals surface area contributed by atoms with Crippen molar-refractivity contribution in [3.8, 4) is 11.5 Å². The Morgan fingerprint density at radius 3 is 2.45 bits per heavy atom. The summed E-state index contributed by atoms with van der Waals surface area (Å²) in [6.07, 6.45) is -1.10. The molecule has 1 heterocycles. The molecule has 33 heavy (non-hydrogen) atoms. The van der Waals surface area contributed by atoms with Crippen LogP contribution in [0.2, 0.25) is 0 Å². The van der Waals surface area contributed by atoms with Crippen LogP contribution < -0.4 is 19.1 Å². The largest absolute Gasteiger partial charge is 0.497 e. The average Bonchev–Trinajstić information content (AvgIpc) is 2.83. The molecule has 170 valence electrons. The lowest BCUT2D eigenvalue weighted by Crippen LogP contribution is -2.48. The van der Waals surface area contributed by atoms with Gasteiger partial charge >= 0.3 is 0 Å². The Hall–Kier alpha value is -3.85. The Kier molecular flexibility index (Phi) is 6.06. The standard InChI is InChI=1S/C24H22N2O6S/c1-16(27)17-6-5-7-18(14-17)25-24(28)23-15-26(21-8-3-4-9-22(21)32-23)33(29,30)20-12-10-19(31-2)11-13-20/h3-14,23H,15H2,1-2H3,(H,25,28). The Morgan fingerprint density at radius 2 is 1.76 bits per heavy atom. The lowest BCUT2D eigenvalue weighted by molar-refractivity contribution is -0.122. The number of rotatable bonds is 6. The molecular formula is C24H22N2O6S. The zero-order valence-corrected chi connectivity index (χ0v) is 18.8. The van der Waals surface area contributed by atoms with Gasteiger partial charge in [-0.05, 0) is 55.5 Å². The number of para-hydroxylation sites is 2. The summed E-state index contributed by atoms with van der Waals surface area (Å²) in [4.78, 5) is 24.7. The molecule has 0 bridgehead atoms. The van der Waals surface area contributed by atoms with Crippen molar-refractivity contribution >= 4 is 33.1 Å². The highest BCUT2D eigenvalue weighted by molar-refractivity contribution is 7.92. The predicted molar refractivity (Wildman–Crippen MR) is 123 cm³/mol. The fraction of sp³-hybridized carbons (Fsp3) is 0.167. The van der Waals surface area contributed by atoms with Crippen LogP contribution in [0.15, 0.2) is 77.7 Å². The van der Waals surface area contributed by atoms with Gasteiger partial charge in [0.15, 0.2) is 11.9 Å². The highest BCUT2D eigenvalue weighted by atomic mass is 32.2. The predicted octanol–water partition coefficient (Wildman–Crippen LogP) is 3.49. The minimum absolute atomic E-state index is 0.0633. The number of fused-ring (bicyclic) bond motifs is 1. The molecule has 3 aromatic rings. The van der Waals surface area contributed by atoms with Crippen LogP contribution in [0.1, 0.15) is 17.3 Å². The highest BCUT2D eigenvalue weighted by Crippen LogP contribution is 2.37. The molecule has 1 unspecified atom stereocenters. The van der Waals surface area contributed by atoms with Crippen molar-refractivity contribution in [1.29, 1.82) is 0 Å². The number of anilines is 2. The minimum atomic E-state index is -3.98. The first-order valence-corrected chi connectivity index (χ1v) is 11.6. The quantitative estimate of drug-likeness (QED) is 0.558. The number of carbonyl (C=O) groups excluding carboxylic acids is 2. The summed E-state index contributed by atoms with van der Waals surface area (Å²) in [5.41, 5.74) is 1.21. The van der Waals surface area contributed by atoms with Crippen LogP contribution >= 0.6 is 0 Å². The molecule has 1 aliphatic rings. The maximum atomic E-state index is 13.5. The van der Waals surface area contributed by atoms with Gasteiger partial charge in [0.25, 0.3) is 15.9 Å². The third kappa shape index (κ3) is 4.54. The van der Waals surface area contributed by atoms with E-state index in [4.69, 9.17) is 9.47 Å². The van der Waals surface area contributed by atoms with Crippen LogP contribution in [0.3, 0.4) is 0 Å². The Labute approximate surface area is 191 Å². The Balaban J connectivity index is 1.64. The van der Waals surface area contributed by atoms with Crippen LogP contribution in [0.25, 0.3) is 0 Å². The number of nitrogens with one attached hydrogen (secondary N) is 1. The smallest absolute Gasteiger partial charge is 0.267 e. The molecule has 9 heteroatoms. The zero-order chi connectivity index (χ0) is 23.6. The van der Waals surface area contributed by atoms with Gasteiger partial charge in [0.2, 0.25) is 0 Å². The number of sulfonamides is 1. The molecule has 4 rings (SSSR count). The normalized spacial score (nSPS) is 15.2. The molecule has 0 saturated carbocycles. The van der Waals surface area contributed by atoms with E-state index in [1.165, 1.54) is 30.5 Å². The van der Waals surface area contributed by atoms with E-state index >= 15 is 0 Å². The second kappa shape index (κ2) is 8.95. The molecule has 8 nitrogen and oxygen atoms in total. The topological polar surface area (TPSA) is 102 Å². The summed E-state index contributed by atoms with van der Waals surface area (Å²) in [7, 11) is -2.49. The summed E-state index contributed by atoms with van der Waals surface area (Å²) < 4.78 is 39.0. The molecule has 1 N–H and O–H groups in total. The molecule has 0 saturated heterocycles. The summed E-state index contributed by atoms with van der Waals surface area (Å²) in [6.45, 7) is 1.22. The Bertz CT molecular complexity index is 1300. The Morgan fingerprint density at radius 1 is 1.03 bits per heavy atom. The first-order valence-electron chi connectivity index (χ1n) is 10.1. The lowest BCUT2D eigenvalue weighted by Gasteiger charge is -2.34. The van der Waals surface area contributed by atoms with Crippen LogP contribution in [0, 0.1) is 0 Å². The number of benzene rings is 3. The highest BCUT2D eigenvalue weighted by Gasteiger charge is 2.37. The van der Waals surface area contributed by atoms with Gasteiger partial charge < -0.3 is 14.8 Å². The van der Waals surface area contributed by atoms with E-state index in [-0.39, 0.29) is 23.0 Å². The number of methoxy groups -OCH3 is 1. The molecule has 0 aliphatic carbocycles. The van der Waals surface area contributed by atoms with Gasteiger partial charge in [0, 0.05) is 11.3 Å². The summed E-state index contributed by atoms with van der Waals surface area (Å²) in [6, 6.07) is 19.2. The van der Waals surface area contributed by atoms with Crippen LogP contribution in [0.5, 0.6) is 11.5 Å². The first-order chi connectivity index (χ1) is 15.8. The van der Waals surface area contributed by atoms with Crippen LogP contribution in [0.4, 0.5) is 11.4 Å². The number of hydrogen-bond acceptors (Lipinski definition) is 6. The molecule has 0 spiro atoms. The van der Waals surface area contributed by atoms with E-state index < -0.39 is 22.0 Å². The third-order valence-corrected chi connectivity index (χ3v) is 7.01. The summed E-state index contributed by atoms with van der Waals surface area (Å²) >= 11 is 0. The van der Waals surface area contributed by atoms with Crippen molar-refractivity contribution in [1.82, 2.24) is 0 Å². The summed E-state index contributed by atoms with van der Waals surface area (Å²) in [5, 5.41) is 2.71. The van der Waals surface area contributed by atoms with Gasteiger partial charge in [0.1, 0.15) is 11.5 Å². The van der Waals surface area contributed by atoms with Crippen molar-refractivity contribution in [3.05, 3.63) is 78.4 Å². The van der Waals surface area contributed by atoms with Crippen molar-refractivity contribution in [2.24, 2.45) is 0 Å². The van der Waals surface area contributed by atoms with Crippen molar-refractivity contribution < 1.29 is 27.5 Å². The second-order valence-corrected chi connectivity index (χ2v) is 9.27. The molecule has 1 aliphatic heterocycles. The van der Waals surface area contributed by atoms with Gasteiger partial charge in [-0.15, -0.1) is 0 Å². The molecule has 0 radical (unpaired) electrons. The number of amides is 1. The molecule has 1 amide bonds.